The maximum absolute atomic E-state index is 11.3. The second kappa shape index (κ2) is 4.13. The van der Waals surface area contributed by atoms with E-state index in [1.165, 1.54) is 7.11 Å². The van der Waals surface area contributed by atoms with Crippen LogP contribution in [0.15, 0.2) is 0 Å². The number of ether oxygens (including phenoxy) is 1. The van der Waals surface area contributed by atoms with Crippen LogP contribution in [-0.2, 0) is 14.3 Å². The first-order valence-corrected chi connectivity index (χ1v) is 5.06. The van der Waals surface area contributed by atoms with Gasteiger partial charge in [-0.2, -0.15) is 0 Å². The Hall–Kier alpha value is -0.190. The molecule has 4 nitrogen and oxygen atoms in total. The number of amides is 1. The number of hydrogen-bond acceptors (Lipinski definition) is 3. The molecule has 1 rings (SSSR count). The van der Waals surface area contributed by atoms with E-state index in [1.807, 2.05) is 0 Å². The predicted octanol–water partition coefficient (Wildman–Crippen LogP) is 0.687. The second-order valence-corrected chi connectivity index (χ2v) is 4.55. The van der Waals surface area contributed by atoms with E-state index in [4.69, 9.17) is 34.8 Å². The van der Waals surface area contributed by atoms with Crippen LogP contribution in [-0.4, -0.2) is 35.2 Å². The number of alkyl halides is 3. The van der Waals surface area contributed by atoms with Crippen molar-refractivity contribution in [1.82, 2.24) is 5.32 Å². The largest absolute Gasteiger partial charge is 0.467 e. The van der Waals surface area contributed by atoms with Crippen LogP contribution in [0.1, 0.15) is 0 Å². The molecular formula is C7H8Cl3NO3. The van der Waals surface area contributed by atoms with Gasteiger partial charge in [-0.3, -0.25) is 4.79 Å². The Morgan fingerprint density at radius 2 is 2.21 bits per heavy atom. The Morgan fingerprint density at radius 3 is 2.64 bits per heavy atom. The Balaban J connectivity index is 2.92. The summed E-state index contributed by atoms with van der Waals surface area (Å²) < 4.78 is 2.81. The maximum Gasteiger partial charge on any atom is 0.328 e. The van der Waals surface area contributed by atoms with Gasteiger partial charge in [0.1, 0.15) is 6.04 Å². The summed E-state index contributed by atoms with van der Waals surface area (Å²) in [7, 11) is 1.21. The van der Waals surface area contributed by atoms with Gasteiger partial charge < -0.3 is 10.1 Å². The third-order valence-corrected chi connectivity index (χ3v) is 3.32. The number of esters is 1. The van der Waals surface area contributed by atoms with Crippen molar-refractivity contribution in [1.29, 1.82) is 0 Å². The molecule has 0 radical (unpaired) electrons. The molecule has 1 saturated heterocycles. The lowest BCUT2D eigenvalue weighted by atomic mass is 10.0. The highest BCUT2D eigenvalue weighted by Gasteiger charge is 2.55. The summed E-state index contributed by atoms with van der Waals surface area (Å²) >= 11 is 17.1. The highest BCUT2D eigenvalue weighted by molar-refractivity contribution is 6.59. The van der Waals surface area contributed by atoms with Gasteiger partial charge in [0.15, 0.2) is 0 Å². The minimum absolute atomic E-state index is 0.00843. The molecule has 7 heteroatoms. The molecule has 0 saturated carbocycles. The van der Waals surface area contributed by atoms with E-state index in [0.717, 1.165) is 0 Å². The molecule has 1 amide bonds. The molecule has 0 aromatic carbocycles. The highest BCUT2D eigenvalue weighted by atomic mass is 35.5. The van der Waals surface area contributed by atoms with E-state index in [-0.39, 0.29) is 5.88 Å². The lowest BCUT2D eigenvalue weighted by molar-refractivity contribution is -0.144. The SMILES string of the molecule is COC(=O)[C@H]1NC(=O)C(Cl)(Cl)[C@@H]1CCl. The van der Waals surface area contributed by atoms with E-state index in [2.05, 4.69) is 10.1 Å². The van der Waals surface area contributed by atoms with Crippen molar-refractivity contribution in [2.45, 2.75) is 10.4 Å². The van der Waals surface area contributed by atoms with E-state index >= 15 is 0 Å². The lowest BCUT2D eigenvalue weighted by Gasteiger charge is -2.19. The molecule has 1 fully saturated rings. The van der Waals surface area contributed by atoms with Crippen LogP contribution in [0.25, 0.3) is 0 Å². The van der Waals surface area contributed by atoms with Gasteiger partial charge in [-0.25, -0.2) is 4.79 Å². The van der Waals surface area contributed by atoms with Crippen LogP contribution in [0.2, 0.25) is 0 Å². The number of halogens is 3. The van der Waals surface area contributed by atoms with Crippen molar-refractivity contribution < 1.29 is 14.3 Å². The summed E-state index contributed by atoms with van der Waals surface area (Å²) in [6.45, 7) is 0. The van der Waals surface area contributed by atoms with E-state index in [1.54, 1.807) is 0 Å². The molecule has 1 aliphatic rings. The Kier molecular flexibility index (Phi) is 3.50. The fourth-order valence-electron chi connectivity index (χ4n) is 1.25. The first-order chi connectivity index (χ1) is 6.45. The van der Waals surface area contributed by atoms with Gasteiger partial charge in [0.05, 0.1) is 7.11 Å². The van der Waals surface area contributed by atoms with Crippen LogP contribution >= 0.6 is 34.8 Å². The van der Waals surface area contributed by atoms with Gasteiger partial charge >= 0.3 is 5.97 Å². The molecule has 80 valence electrons. The maximum atomic E-state index is 11.3. The Bertz CT molecular complexity index is 269. The van der Waals surface area contributed by atoms with Crippen molar-refractivity contribution in [3.63, 3.8) is 0 Å². The average Bonchev–Trinajstić information content (AvgIpc) is 2.37. The molecule has 2 atom stereocenters. The fourth-order valence-corrected chi connectivity index (χ4v) is 2.33. The summed E-state index contributed by atoms with van der Waals surface area (Å²) in [4.78, 5) is 22.5. The van der Waals surface area contributed by atoms with Gasteiger partial charge in [-0.1, -0.05) is 23.2 Å². The Morgan fingerprint density at radius 1 is 1.64 bits per heavy atom. The average molecular weight is 261 g/mol. The molecule has 0 bridgehead atoms. The van der Waals surface area contributed by atoms with Crippen molar-refractivity contribution in [2.75, 3.05) is 13.0 Å². The molecule has 1 N–H and O–H groups in total. The van der Waals surface area contributed by atoms with Crippen LogP contribution in [0.3, 0.4) is 0 Å². The summed E-state index contributed by atoms with van der Waals surface area (Å²) in [6.07, 6.45) is 0. The molecule has 14 heavy (non-hydrogen) atoms. The van der Waals surface area contributed by atoms with Gasteiger partial charge in [-0.15, -0.1) is 11.6 Å². The molecule has 0 unspecified atom stereocenters. The molecule has 0 aromatic rings. The van der Waals surface area contributed by atoms with E-state index in [0.29, 0.717) is 0 Å². The van der Waals surface area contributed by atoms with Gasteiger partial charge in [0, 0.05) is 11.8 Å². The Labute approximate surface area is 95.8 Å². The monoisotopic (exact) mass is 259 g/mol. The summed E-state index contributed by atoms with van der Waals surface area (Å²) in [5.74, 6) is -1.92. The summed E-state index contributed by atoms with van der Waals surface area (Å²) in [5, 5.41) is 2.33. The van der Waals surface area contributed by atoms with Gasteiger partial charge in [-0.05, 0) is 0 Å². The van der Waals surface area contributed by atoms with Crippen LogP contribution in [0.4, 0.5) is 0 Å². The van der Waals surface area contributed by atoms with Crippen LogP contribution < -0.4 is 5.32 Å². The second-order valence-electron chi connectivity index (χ2n) is 2.86. The van der Waals surface area contributed by atoms with Crippen molar-refractivity contribution >= 4 is 46.7 Å². The highest BCUT2D eigenvalue weighted by Crippen LogP contribution is 2.39. The zero-order valence-corrected chi connectivity index (χ0v) is 9.49. The normalized spacial score (nSPS) is 29.9. The number of methoxy groups -OCH3 is 1. The van der Waals surface area contributed by atoms with Gasteiger partial charge in [0.25, 0.3) is 5.91 Å². The first-order valence-electron chi connectivity index (χ1n) is 3.77. The molecule has 1 heterocycles. The third-order valence-electron chi connectivity index (χ3n) is 2.08. The van der Waals surface area contributed by atoms with Crippen LogP contribution in [0, 0.1) is 5.92 Å². The topological polar surface area (TPSA) is 55.4 Å². The van der Waals surface area contributed by atoms with E-state index < -0.39 is 28.2 Å². The van der Waals surface area contributed by atoms with Gasteiger partial charge in [0.2, 0.25) is 4.33 Å². The zero-order chi connectivity index (χ0) is 10.9. The third kappa shape index (κ3) is 1.78. The molecule has 0 aromatic heterocycles. The zero-order valence-electron chi connectivity index (χ0n) is 7.22. The van der Waals surface area contributed by atoms with Crippen molar-refractivity contribution in [2.24, 2.45) is 5.92 Å². The van der Waals surface area contributed by atoms with Crippen molar-refractivity contribution in [3.8, 4) is 0 Å². The van der Waals surface area contributed by atoms with Crippen molar-refractivity contribution in [3.05, 3.63) is 0 Å². The van der Waals surface area contributed by atoms with Crippen LogP contribution in [0.5, 0.6) is 0 Å². The number of rotatable bonds is 2. The molecular weight excluding hydrogens is 252 g/mol. The van der Waals surface area contributed by atoms with E-state index in [9.17, 15) is 9.59 Å². The number of carbonyl (C=O) groups excluding carboxylic acids is 2. The molecule has 0 spiro atoms. The number of hydrogen-bond donors (Lipinski definition) is 1. The smallest absolute Gasteiger partial charge is 0.328 e. The summed E-state index contributed by atoms with van der Waals surface area (Å²) in [5.41, 5.74) is 0. The lowest BCUT2D eigenvalue weighted by Crippen LogP contribution is -2.39. The molecule has 0 aliphatic carbocycles. The predicted molar refractivity (Wildman–Crippen MR) is 52.6 cm³/mol. The quantitative estimate of drug-likeness (QED) is 0.587. The minimum Gasteiger partial charge on any atom is -0.467 e. The fraction of sp³-hybridized carbons (Fsp3) is 0.714. The standard InChI is InChI=1S/C7H8Cl3NO3/c1-14-5(12)4-3(2-8)7(9,10)6(13)11-4/h3-4H,2H2,1H3,(H,11,13)/t3-,4+/m1/s1. The first kappa shape index (κ1) is 11.9. The number of nitrogens with one attached hydrogen (secondary N) is 1. The molecule has 1 aliphatic heterocycles. The minimum atomic E-state index is -1.67. The number of carbonyl (C=O) groups is 2. The summed E-state index contributed by atoms with van der Waals surface area (Å²) in [6, 6.07) is -0.875.